The van der Waals surface area contributed by atoms with Crippen molar-refractivity contribution in [1.82, 2.24) is 10.3 Å². The van der Waals surface area contributed by atoms with E-state index in [1.165, 1.54) is 0 Å². The molecule has 1 aromatic heterocycles. The molecule has 1 aliphatic carbocycles. The molecule has 5 heteroatoms. The number of pyridine rings is 1. The number of aliphatic hydroxyl groups excluding tert-OH is 1. The van der Waals surface area contributed by atoms with E-state index in [2.05, 4.69) is 10.3 Å². The van der Waals surface area contributed by atoms with E-state index in [9.17, 15) is 14.7 Å². The van der Waals surface area contributed by atoms with Crippen LogP contribution in [0, 0.1) is 5.92 Å². The van der Waals surface area contributed by atoms with E-state index in [4.69, 9.17) is 0 Å². The number of fused-ring (bicyclic) bond motifs is 1. The number of aromatic amines is 1. The number of aliphatic hydroxyl groups is 1. The molecule has 0 spiro atoms. The minimum Gasteiger partial charge on any atom is -0.391 e. The second kappa shape index (κ2) is 6.22. The van der Waals surface area contributed by atoms with Crippen molar-refractivity contribution in [2.45, 2.75) is 45.6 Å². The van der Waals surface area contributed by atoms with Gasteiger partial charge >= 0.3 is 0 Å². The number of hydrogen-bond donors (Lipinski definition) is 3. The molecule has 1 unspecified atom stereocenters. The summed E-state index contributed by atoms with van der Waals surface area (Å²) in [6.07, 6.45) is 3.34. The van der Waals surface area contributed by atoms with Crippen LogP contribution in [0.25, 0.3) is 0 Å². The van der Waals surface area contributed by atoms with Gasteiger partial charge in [-0.25, -0.2) is 0 Å². The van der Waals surface area contributed by atoms with Gasteiger partial charge in [-0.05, 0) is 43.2 Å². The fourth-order valence-electron chi connectivity index (χ4n) is 2.37. The highest BCUT2D eigenvalue weighted by Crippen LogP contribution is 2.18. The molecule has 0 fully saturated rings. The molecule has 0 saturated carbocycles. The minimum absolute atomic E-state index is 0.0668. The predicted molar refractivity (Wildman–Crippen MR) is 76.9 cm³/mol. The second-order valence-electron chi connectivity index (χ2n) is 5.74. The number of H-pyrrole nitrogens is 1. The number of aryl methyl sites for hydroxylation is 2. The van der Waals surface area contributed by atoms with Crippen LogP contribution in [0.2, 0.25) is 0 Å². The molecule has 1 heterocycles. The van der Waals surface area contributed by atoms with Crippen LogP contribution in [-0.2, 0) is 12.8 Å². The average Bonchev–Trinajstić information content (AvgIpc) is 2.43. The topological polar surface area (TPSA) is 82.2 Å². The quantitative estimate of drug-likeness (QED) is 0.768. The normalized spacial score (nSPS) is 15.8. The Morgan fingerprint density at radius 2 is 2.10 bits per heavy atom. The van der Waals surface area contributed by atoms with Crippen LogP contribution in [0.3, 0.4) is 0 Å². The molecule has 1 atom stereocenters. The van der Waals surface area contributed by atoms with Gasteiger partial charge in [-0.15, -0.1) is 0 Å². The van der Waals surface area contributed by atoms with Gasteiger partial charge in [0.1, 0.15) is 5.56 Å². The third kappa shape index (κ3) is 3.28. The molecule has 3 N–H and O–H groups in total. The number of amides is 1. The van der Waals surface area contributed by atoms with Crippen LogP contribution in [0.4, 0.5) is 0 Å². The van der Waals surface area contributed by atoms with Crippen molar-refractivity contribution in [3.8, 4) is 0 Å². The van der Waals surface area contributed by atoms with E-state index in [0.717, 1.165) is 36.9 Å². The number of rotatable bonds is 4. The largest absolute Gasteiger partial charge is 0.391 e. The Bertz CT molecular complexity index is 549. The van der Waals surface area contributed by atoms with Gasteiger partial charge in [-0.3, -0.25) is 9.59 Å². The van der Waals surface area contributed by atoms with Crippen molar-refractivity contribution in [2.75, 3.05) is 6.54 Å². The highest BCUT2D eigenvalue weighted by molar-refractivity contribution is 5.94. The van der Waals surface area contributed by atoms with Crippen LogP contribution in [0.15, 0.2) is 10.9 Å². The van der Waals surface area contributed by atoms with Crippen molar-refractivity contribution in [3.05, 3.63) is 33.2 Å². The highest BCUT2D eigenvalue weighted by atomic mass is 16.3. The van der Waals surface area contributed by atoms with E-state index in [0.29, 0.717) is 0 Å². The van der Waals surface area contributed by atoms with E-state index in [1.807, 2.05) is 13.8 Å². The van der Waals surface area contributed by atoms with Gasteiger partial charge in [0.25, 0.3) is 11.5 Å². The first-order valence-corrected chi connectivity index (χ1v) is 7.20. The van der Waals surface area contributed by atoms with E-state index in [1.54, 1.807) is 6.07 Å². The van der Waals surface area contributed by atoms with E-state index < -0.39 is 12.0 Å². The van der Waals surface area contributed by atoms with E-state index >= 15 is 0 Å². The standard InChI is InChI=1S/C15H22N2O3/c1-9(2)13(18)8-16-14(19)11-7-10-5-3-4-6-12(10)17-15(11)20/h7,9,13,18H,3-6,8H2,1-2H3,(H,16,19)(H,17,20). The van der Waals surface area contributed by atoms with Crippen LogP contribution >= 0.6 is 0 Å². The van der Waals surface area contributed by atoms with Gasteiger partial charge in [-0.2, -0.15) is 0 Å². The first-order chi connectivity index (χ1) is 9.49. The zero-order valence-electron chi connectivity index (χ0n) is 12.0. The maximum Gasteiger partial charge on any atom is 0.261 e. The van der Waals surface area contributed by atoms with Crippen molar-refractivity contribution in [3.63, 3.8) is 0 Å². The molecule has 1 aromatic rings. The molecule has 2 rings (SSSR count). The predicted octanol–water partition coefficient (Wildman–Crippen LogP) is 1.00. The average molecular weight is 278 g/mol. The van der Waals surface area contributed by atoms with Crippen LogP contribution in [0.5, 0.6) is 0 Å². The first-order valence-electron chi connectivity index (χ1n) is 7.20. The summed E-state index contributed by atoms with van der Waals surface area (Å²) in [5, 5.41) is 12.3. The number of aromatic nitrogens is 1. The molecule has 1 amide bonds. The minimum atomic E-state index is -0.601. The smallest absolute Gasteiger partial charge is 0.261 e. The summed E-state index contributed by atoms with van der Waals surface area (Å²) in [6, 6.07) is 1.70. The second-order valence-corrected chi connectivity index (χ2v) is 5.74. The van der Waals surface area contributed by atoms with Gasteiger partial charge in [0.05, 0.1) is 6.10 Å². The molecule has 0 aliphatic heterocycles. The Hall–Kier alpha value is -1.62. The van der Waals surface area contributed by atoms with Crippen molar-refractivity contribution in [2.24, 2.45) is 5.92 Å². The molecule has 0 radical (unpaired) electrons. The molecule has 5 nitrogen and oxygen atoms in total. The zero-order chi connectivity index (χ0) is 14.7. The molecule has 0 aromatic carbocycles. The molecule has 0 saturated heterocycles. The summed E-state index contributed by atoms with van der Waals surface area (Å²) in [4.78, 5) is 26.8. The lowest BCUT2D eigenvalue weighted by Crippen LogP contribution is -2.37. The molecule has 1 aliphatic rings. The lowest BCUT2D eigenvalue weighted by atomic mass is 9.95. The Labute approximate surface area is 118 Å². The summed E-state index contributed by atoms with van der Waals surface area (Å²) in [5.41, 5.74) is 1.81. The van der Waals surface area contributed by atoms with E-state index in [-0.39, 0.29) is 23.6 Å². The molecule has 20 heavy (non-hydrogen) atoms. The van der Waals surface area contributed by atoms with Crippen LogP contribution in [-0.4, -0.2) is 28.6 Å². The Balaban J connectivity index is 2.12. The summed E-state index contributed by atoms with van der Waals surface area (Å²) >= 11 is 0. The monoisotopic (exact) mass is 278 g/mol. The molecular formula is C15H22N2O3. The summed E-state index contributed by atoms with van der Waals surface area (Å²) in [6.45, 7) is 3.91. The fraction of sp³-hybridized carbons (Fsp3) is 0.600. The van der Waals surface area contributed by atoms with Gasteiger partial charge in [0.15, 0.2) is 0 Å². The third-order valence-electron chi connectivity index (χ3n) is 3.82. The SMILES string of the molecule is CC(C)C(O)CNC(=O)c1cc2c([nH]c1=O)CCCC2. The lowest BCUT2D eigenvalue weighted by Gasteiger charge is -2.17. The van der Waals surface area contributed by atoms with Gasteiger partial charge < -0.3 is 15.4 Å². The van der Waals surface area contributed by atoms with Gasteiger partial charge in [0.2, 0.25) is 0 Å². The Kier molecular flexibility index (Phi) is 4.60. The highest BCUT2D eigenvalue weighted by Gasteiger charge is 2.18. The first kappa shape index (κ1) is 14.8. The number of hydrogen-bond acceptors (Lipinski definition) is 3. The Morgan fingerprint density at radius 3 is 2.80 bits per heavy atom. The van der Waals surface area contributed by atoms with Gasteiger partial charge in [0, 0.05) is 12.2 Å². The van der Waals surface area contributed by atoms with Crippen LogP contribution < -0.4 is 10.9 Å². The third-order valence-corrected chi connectivity index (χ3v) is 3.82. The van der Waals surface area contributed by atoms with Crippen molar-refractivity contribution in [1.29, 1.82) is 0 Å². The number of carbonyl (C=O) groups excluding carboxylic acids is 1. The van der Waals surface area contributed by atoms with Crippen molar-refractivity contribution < 1.29 is 9.90 Å². The maximum atomic E-state index is 12.0. The Morgan fingerprint density at radius 1 is 1.40 bits per heavy atom. The number of nitrogens with one attached hydrogen (secondary N) is 2. The maximum absolute atomic E-state index is 12.0. The number of carbonyl (C=O) groups is 1. The fourth-order valence-corrected chi connectivity index (χ4v) is 2.37. The van der Waals surface area contributed by atoms with Crippen LogP contribution in [0.1, 0.15) is 48.3 Å². The zero-order valence-corrected chi connectivity index (χ0v) is 12.0. The summed E-state index contributed by atoms with van der Waals surface area (Å²) in [5.74, 6) is -0.351. The van der Waals surface area contributed by atoms with Crippen molar-refractivity contribution >= 4 is 5.91 Å². The molecule has 0 bridgehead atoms. The molecular weight excluding hydrogens is 256 g/mol. The summed E-state index contributed by atoms with van der Waals surface area (Å²) in [7, 11) is 0. The van der Waals surface area contributed by atoms with Gasteiger partial charge in [-0.1, -0.05) is 13.8 Å². The summed E-state index contributed by atoms with van der Waals surface area (Å²) < 4.78 is 0. The molecule has 110 valence electrons. The lowest BCUT2D eigenvalue weighted by molar-refractivity contribution is 0.0870.